The molecule has 0 radical (unpaired) electrons. The molecule has 1 aliphatic rings. The molecule has 2 atom stereocenters. The van der Waals surface area contributed by atoms with Gasteiger partial charge in [-0.05, 0) is 46.9 Å². The zero-order valence-corrected chi connectivity index (χ0v) is 12.6. The van der Waals surface area contributed by atoms with Crippen LogP contribution in [0.1, 0.15) is 25.3 Å². The lowest BCUT2D eigenvalue weighted by Gasteiger charge is -2.36. The van der Waals surface area contributed by atoms with Gasteiger partial charge in [-0.2, -0.15) is 0 Å². The zero-order valence-electron chi connectivity index (χ0n) is 11.0. The molecule has 19 heavy (non-hydrogen) atoms. The van der Waals surface area contributed by atoms with Gasteiger partial charge < -0.3 is 5.73 Å². The highest BCUT2D eigenvalue weighted by Gasteiger charge is 2.26. The minimum Gasteiger partial charge on any atom is -0.327 e. The van der Waals surface area contributed by atoms with Crippen LogP contribution in [0.3, 0.4) is 0 Å². The SMILES string of the molecule is CCC1CN(Cc2c(F)ccc(Br)c2F)CCC1N. The Kier molecular flexibility index (Phi) is 4.92. The zero-order chi connectivity index (χ0) is 14.0. The summed E-state index contributed by atoms with van der Waals surface area (Å²) in [5.41, 5.74) is 6.19. The number of benzene rings is 1. The summed E-state index contributed by atoms with van der Waals surface area (Å²) in [6, 6.07) is 2.91. The van der Waals surface area contributed by atoms with Crippen molar-refractivity contribution in [1.29, 1.82) is 0 Å². The molecule has 2 unspecified atom stereocenters. The van der Waals surface area contributed by atoms with Crippen LogP contribution in [-0.4, -0.2) is 24.0 Å². The summed E-state index contributed by atoms with van der Waals surface area (Å²) >= 11 is 3.10. The van der Waals surface area contributed by atoms with E-state index in [1.54, 1.807) is 0 Å². The van der Waals surface area contributed by atoms with Crippen LogP contribution in [0.5, 0.6) is 0 Å². The lowest BCUT2D eigenvalue weighted by molar-refractivity contribution is 0.142. The average Bonchev–Trinajstić information content (AvgIpc) is 2.41. The minimum atomic E-state index is -0.497. The molecule has 0 amide bonds. The first kappa shape index (κ1) is 14.9. The third-order valence-corrected chi connectivity index (χ3v) is 4.53. The summed E-state index contributed by atoms with van der Waals surface area (Å²) in [7, 11) is 0. The molecule has 1 aromatic rings. The van der Waals surface area contributed by atoms with Gasteiger partial charge in [0.05, 0.1) is 4.47 Å². The molecule has 2 nitrogen and oxygen atoms in total. The number of likely N-dealkylation sites (tertiary alicyclic amines) is 1. The fourth-order valence-corrected chi connectivity index (χ4v) is 3.01. The Morgan fingerprint density at radius 2 is 2.16 bits per heavy atom. The number of piperidine rings is 1. The third-order valence-electron chi connectivity index (χ3n) is 3.92. The van der Waals surface area contributed by atoms with Crippen molar-refractivity contribution in [1.82, 2.24) is 4.90 Å². The van der Waals surface area contributed by atoms with E-state index in [1.807, 2.05) is 0 Å². The van der Waals surface area contributed by atoms with E-state index < -0.39 is 11.6 Å². The van der Waals surface area contributed by atoms with Gasteiger partial charge in [0.2, 0.25) is 0 Å². The van der Waals surface area contributed by atoms with Crippen LogP contribution in [0.2, 0.25) is 0 Å². The van der Waals surface area contributed by atoms with E-state index in [4.69, 9.17) is 5.73 Å². The maximum absolute atomic E-state index is 13.9. The lowest BCUT2D eigenvalue weighted by atomic mass is 9.90. The summed E-state index contributed by atoms with van der Waals surface area (Å²) in [6.45, 7) is 4.01. The maximum Gasteiger partial charge on any atom is 0.144 e. The van der Waals surface area contributed by atoms with Gasteiger partial charge >= 0.3 is 0 Å². The Morgan fingerprint density at radius 3 is 2.84 bits per heavy atom. The summed E-state index contributed by atoms with van der Waals surface area (Å²) in [5.74, 6) is -0.571. The molecule has 1 aromatic carbocycles. The Morgan fingerprint density at radius 1 is 1.42 bits per heavy atom. The predicted molar refractivity (Wildman–Crippen MR) is 75.7 cm³/mol. The van der Waals surface area contributed by atoms with E-state index in [1.165, 1.54) is 12.1 Å². The van der Waals surface area contributed by atoms with Crippen molar-refractivity contribution in [2.45, 2.75) is 32.4 Å². The van der Waals surface area contributed by atoms with Gasteiger partial charge in [0.15, 0.2) is 0 Å². The number of nitrogens with two attached hydrogens (primary N) is 1. The highest BCUT2D eigenvalue weighted by Crippen LogP contribution is 2.25. The van der Waals surface area contributed by atoms with Gasteiger partial charge in [0.1, 0.15) is 11.6 Å². The third kappa shape index (κ3) is 3.33. The number of hydrogen-bond acceptors (Lipinski definition) is 2. The largest absolute Gasteiger partial charge is 0.327 e. The standard InChI is InChI=1S/C14H19BrF2N2/c1-2-9-7-19(6-5-13(9)18)8-10-12(16)4-3-11(15)14(10)17/h3-4,9,13H,2,5-8,18H2,1H3. The molecule has 2 rings (SSSR count). The molecule has 1 fully saturated rings. The minimum absolute atomic E-state index is 0.139. The van der Waals surface area contributed by atoms with Gasteiger partial charge in [-0.25, -0.2) is 8.78 Å². The second kappa shape index (κ2) is 6.29. The van der Waals surface area contributed by atoms with E-state index in [9.17, 15) is 8.78 Å². The van der Waals surface area contributed by atoms with Gasteiger partial charge in [0, 0.05) is 24.7 Å². The smallest absolute Gasteiger partial charge is 0.144 e. The lowest BCUT2D eigenvalue weighted by Crippen LogP contribution is -2.46. The number of nitrogens with zero attached hydrogens (tertiary/aromatic N) is 1. The molecule has 1 saturated heterocycles. The van der Waals surface area contributed by atoms with Crippen LogP contribution in [0.25, 0.3) is 0 Å². The van der Waals surface area contributed by atoms with Crippen LogP contribution in [-0.2, 0) is 6.54 Å². The van der Waals surface area contributed by atoms with Crippen LogP contribution in [0.4, 0.5) is 8.78 Å². The van der Waals surface area contributed by atoms with Crippen molar-refractivity contribution in [3.63, 3.8) is 0 Å². The Bertz CT molecular complexity index is 453. The van der Waals surface area contributed by atoms with Crippen LogP contribution in [0, 0.1) is 17.6 Å². The second-order valence-corrected chi connectivity index (χ2v) is 6.03. The Hall–Kier alpha value is -0.520. The van der Waals surface area contributed by atoms with Gasteiger partial charge in [-0.15, -0.1) is 0 Å². The summed E-state index contributed by atoms with van der Waals surface area (Å²) in [6.07, 6.45) is 1.89. The summed E-state index contributed by atoms with van der Waals surface area (Å²) < 4.78 is 28.0. The number of hydrogen-bond donors (Lipinski definition) is 1. The first-order valence-electron chi connectivity index (χ1n) is 6.63. The molecule has 1 aliphatic heterocycles. The normalized spacial score (nSPS) is 24.7. The van der Waals surface area contributed by atoms with Crippen LogP contribution < -0.4 is 5.73 Å². The van der Waals surface area contributed by atoms with Gasteiger partial charge in [-0.1, -0.05) is 13.3 Å². The Labute approximate surface area is 121 Å². The van der Waals surface area contributed by atoms with E-state index in [2.05, 4.69) is 27.8 Å². The van der Waals surface area contributed by atoms with E-state index in [-0.39, 0.29) is 11.6 Å². The molecule has 1 heterocycles. The van der Waals surface area contributed by atoms with Crippen LogP contribution >= 0.6 is 15.9 Å². The van der Waals surface area contributed by atoms with Crippen molar-refractivity contribution in [2.75, 3.05) is 13.1 Å². The highest BCUT2D eigenvalue weighted by atomic mass is 79.9. The molecule has 0 bridgehead atoms. The molecular weight excluding hydrogens is 314 g/mol. The van der Waals surface area contributed by atoms with E-state index in [0.29, 0.717) is 16.9 Å². The molecule has 0 saturated carbocycles. The fourth-order valence-electron chi connectivity index (χ4n) is 2.64. The van der Waals surface area contributed by atoms with Crippen molar-refractivity contribution in [3.05, 3.63) is 33.8 Å². The first-order chi connectivity index (χ1) is 9.02. The molecule has 106 valence electrons. The maximum atomic E-state index is 13.9. The van der Waals surface area contributed by atoms with Crippen molar-refractivity contribution in [2.24, 2.45) is 11.7 Å². The molecule has 0 spiro atoms. The van der Waals surface area contributed by atoms with Crippen LogP contribution in [0.15, 0.2) is 16.6 Å². The van der Waals surface area contributed by atoms with Crippen molar-refractivity contribution >= 4 is 15.9 Å². The molecule has 2 N–H and O–H groups in total. The molecule has 5 heteroatoms. The first-order valence-corrected chi connectivity index (χ1v) is 7.42. The molecule has 0 aromatic heterocycles. The number of rotatable bonds is 3. The fraction of sp³-hybridized carbons (Fsp3) is 0.571. The Balaban J connectivity index is 2.12. The highest BCUT2D eigenvalue weighted by molar-refractivity contribution is 9.10. The second-order valence-electron chi connectivity index (χ2n) is 5.18. The quantitative estimate of drug-likeness (QED) is 0.860. The van der Waals surface area contributed by atoms with Gasteiger partial charge in [0.25, 0.3) is 0 Å². The predicted octanol–water partition coefficient (Wildman–Crippen LogP) is 3.29. The van der Waals surface area contributed by atoms with Gasteiger partial charge in [-0.3, -0.25) is 4.90 Å². The van der Waals surface area contributed by atoms with E-state index in [0.717, 1.165) is 25.9 Å². The molecule has 0 aliphatic carbocycles. The monoisotopic (exact) mass is 332 g/mol. The van der Waals surface area contributed by atoms with Crippen molar-refractivity contribution in [3.8, 4) is 0 Å². The summed E-state index contributed by atoms with van der Waals surface area (Å²) in [4.78, 5) is 2.09. The topological polar surface area (TPSA) is 29.3 Å². The van der Waals surface area contributed by atoms with E-state index >= 15 is 0 Å². The molecular formula is C14H19BrF2N2. The summed E-state index contributed by atoms with van der Waals surface area (Å²) in [5, 5.41) is 0. The van der Waals surface area contributed by atoms with Crippen molar-refractivity contribution < 1.29 is 8.78 Å². The average molecular weight is 333 g/mol. The number of halogens is 3.